The summed E-state index contributed by atoms with van der Waals surface area (Å²) in [4.78, 5) is 15.5. The van der Waals surface area contributed by atoms with Gasteiger partial charge in [0, 0.05) is 49.1 Å². The van der Waals surface area contributed by atoms with Gasteiger partial charge in [0.2, 0.25) is 0 Å². The first-order valence-corrected chi connectivity index (χ1v) is 19.1. The summed E-state index contributed by atoms with van der Waals surface area (Å²) in [5.41, 5.74) is 10.5. The number of fused-ring (bicyclic) bond motifs is 9. The van der Waals surface area contributed by atoms with E-state index in [0.717, 1.165) is 66.5 Å². The summed E-state index contributed by atoms with van der Waals surface area (Å²) in [6.45, 7) is 0. The minimum absolute atomic E-state index is 0.535. The number of benzene rings is 8. The van der Waals surface area contributed by atoms with Crippen LogP contribution in [0.25, 0.3) is 111 Å². The third-order valence-corrected chi connectivity index (χ3v) is 11.2. The summed E-state index contributed by atoms with van der Waals surface area (Å²) in [6.07, 6.45) is 0. The fraction of sp³-hybridized carbons (Fsp3) is 0. The lowest BCUT2D eigenvalue weighted by Crippen LogP contribution is -2.01. The summed E-state index contributed by atoms with van der Waals surface area (Å²) < 4.78 is 11.9. The highest BCUT2D eigenvalue weighted by molar-refractivity contribution is 6.15. The molecule has 0 spiro atoms. The highest BCUT2D eigenvalue weighted by atomic mass is 16.3. The molecule has 0 aliphatic heterocycles. The molecule has 6 heteroatoms. The van der Waals surface area contributed by atoms with Crippen LogP contribution in [0.5, 0.6) is 0 Å². The van der Waals surface area contributed by atoms with Crippen molar-refractivity contribution in [2.24, 2.45) is 0 Å². The van der Waals surface area contributed by atoms with Crippen LogP contribution < -0.4 is 0 Å². The van der Waals surface area contributed by atoms with Gasteiger partial charge in [-0.25, -0.2) is 15.0 Å². The first kappa shape index (κ1) is 31.5. The van der Waals surface area contributed by atoms with Crippen molar-refractivity contribution in [3.05, 3.63) is 188 Å². The zero-order valence-electron chi connectivity index (χ0n) is 30.5. The molecule has 0 aliphatic rings. The molecule has 0 radical (unpaired) electrons. The van der Waals surface area contributed by atoms with Gasteiger partial charge in [-0.1, -0.05) is 146 Å². The Labute approximate surface area is 326 Å². The largest absolute Gasteiger partial charge is 0.453 e. The zero-order valence-corrected chi connectivity index (χ0v) is 30.5. The number of hydrogen-bond donors (Lipinski definition) is 0. The predicted molar refractivity (Wildman–Crippen MR) is 232 cm³/mol. The van der Waals surface area contributed by atoms with Gasteiger partial charge in [-0.05, 0) is 42.5 Å². The van der Waals surface area contributed by atoms with Crippen molar-refractivity contribution >= 4 is 65.6 Å². The van der Waals surface area contributed by atoms with Crippen LogP contribution in [0.1, 0.15) is 0 Å². The van der Waals surface area contributed by atoms with E-state index in [2.05, 4.69) is 137 Å². The third-order valence-electron chi connectivity index (χ3n) is 11.2. The Bertz CT molecular complexity index is 3360. The van der Waals surface area contributed by atoms with E-state index in [4.69, 9.17) is 19.4 Å². The number of hydrogen-bond acceptors (Lipinski definition) is 4. The minimum Gasteiger partial charge on any atom is -0.453 e. The number of rotatable bonds is 5. The monoisotopic (exact) mass is 729 g/mol. The predicted octanol–water partition coefficient (Wildman–Crippen LogP) is 13.0. The quantitative estimate of drug-likeness (QED) is 0.177. The van der Waals surface area contributed by atoms with E-state index in [9.17, 15) is 0 Å². The molecule has 0 fully saturated rings. The standard InChI is InChI=1S/C51H31N5O/c1-3-16-32(17-4-1)49-52-50(33-18-5-2-6-19-33)54-51(53-49)41-31-34(55-42-25-11-7-20-35(42)36-21-8-12-26-43(36)55)30-40-39-24-15-29-46(48(39)57-47(40)41)56-44-27-13-9-22-37(44)38-23-10-14-28-45(38)56/h1-31H. The lowest BCUT2D eigenvalue weighted by atomic mass is 10.1. The molecule has 4 heterocycles. The highest BCUT2D eigenvalue weighted by Gasteiger charge is 2.24. The lowest BCUT2D eigenvalue weighted by Gasteiger charge is -2.12. The maximum absolute atomic E-state index is 7.20. The van der Waals surface area contributed by atoms with Gasteiger partial charge < -0.3 is 13.6 Å². The van der Waals surface area contributed by atoms with Gasteiger partial charge in [-0.2, -0.15) is 0 Å². The highest BCUT2D eigenvalue weighted by Crippen LogP contribution is 2.43. The van der Waals surface area contributed by atoms with Crippen LogP contribution in [0.4, 0.5) is 0 Å². The number of para-hydroxylation sites is 5. The SMILES string of the molecule is c1ccc(-c2nc(-c3ccccc3)nc(-c3cc(-n4c5ccccc5c5ccccc54)cc4c3oc3c(-n5c6ccccc6c6ccccc65)cccc34)n2)cc1. The van der Waals surface area contributed by atoms with Crippen LogP contribution in [-0.2, 0) is 0 Å². The third kappa shape index (κ3) is 4.81. The van der Waals surface area contributed by atoms with Crippen LogP contribution in [0.15, 0.2) is 192 Å². The molecule has 0 bridgehead atoms. The molecule has 12 aromatic rings. The van der Waals surface area contributed by atoms with E-state index < -0.39 is 0 Å². The molecule has 6 nitrogen and oxygen atoms in total. The number of aromatic nitrogens is 5. The maximum Gasteiger partial charge on any atom is 0.167 e. The van der Waals surface area contributed by atoms with Gasteiger partial charge in [0.15, 0.2) is 23.1 Å². The van der Waals surface area contributed by atoms with E-state index in [1.165, 1.54) is 21.5 Å². The second kappa shape index (κ2) is 12.3. The van der Waals surface area contributed by atoms with Crippen molar-refractivity contribution in [1.29, 1.82) is 0 Å². The van der Waals surface area contributed by atoms with Crippen LogP contribution in [0.3, 0.4) is 0 Å². The maximum atomic E-state index is 7.20. The van der Waals surface area contributed by atoms with E-state index in [-0.39, 0.29) is 0 Å². The normalized spacial score (nSPS) is 11.9. The Morgan fingerprint density at radius 2 is 0.772 bits per heavy atom. The van der Waals surface area contributed by atoms with Gasteiger partial charge in [-0.3, -0.25) is 0 Å². The lowest BCUT2D eigenvalue weighted by molar-refractivity contribution is 0.667. The first-order valence-electron chi connectivity index (χ1n) is 19.1. The second-order valence-corrected chi connectivity index (χ2v) is 14.4. The number of nitrogens with zero attached hydrogens (tertiary/aromatic N) is 5. The molecule has 0 saturated heterocycles. The Hall–Kier alpha value is -7.83. The van der Waals surface area contributed by atoms with E-state index in [1.807, 2.05) is 60.7 Å². The van der Waals surface area contributed by atoms with Gasteiger partial charge in [0.25, 0.3) is 0 Å². The van der Waals surface area contributed by atoms with E-state index in [1.54, 1.807) is 0 Å². The number of furan rings is 1. The Balaban J connectivity index is 1.21. The molecule has 266 valence electrons. The van der Waals surface area contributed by atoms with Crippen molar-refractivity contribution in [2.45, 2.75) is 0 Å². The minimum atomic E-state index is 0.535. The molecule has 0 atom stereocenters. The molecular formula is C51H31N5O. The molecule has 0 unspecified atom stereocenters. The fourth-order valence-corrected chi connectivity index (χ4v) is 8.65. The van der Waals surface area contributed by atoms with Crippen LogP contribution >= 0.6 is 0 Å². The van der Waals surface area contributed by atoms with Gasteiger partial charge >= 0.3 is 0 Å². The molecule has 0 aliphatic carbocycles. The molecule has 57 heavy (non-hydrogen) atoms. The van der Waals surface area contributed by atoms with Gasteiger partial charge in [0.05, 0.1) is 33.3 Å². The molecule has 0 saturated carbocycles. The summed E-state index contributed by atoms with van der Waals surface area (Å²) in [5, 5.41) is 6.76. The summed E-state index contributed by atoms with van der Waals surface area (Å²) >= 11 is 0. The van der Waals surface area contributed by atoms with Crippen LogP contribution in [0.2, 0.25) is 0 Å². The molecule has 0 N–H and O–H groups in total. The first-order chi connectivity index (χ1) is 28.3. The van der Waals surface area contributed by atoms with Crippen molar-refractivity contribution in [1.82, 2.24) is 24.1 Å². The van der Waals surface area contributed by atoms with E-state index in [0.29, 0.717) is 23.1 Å². The summed E-state index contributed by atoms with van der Waals surface area (Å²) in [5.74, 6) is 1.72. The summed E-state index contributed by atoms with van der Waals surface area (Å²) in [6, 6.07) is 65.5. The smallest absolute Gasteiger partial charge is 0.167 e. The molecule has 12 rings (SSSR count). The van der Waals surface area contributed by atoms with Crippen molar-refractivity contribution in [2.75, 3.05) is 0 Å². The average Bonchev–Trinajstić information content (AvgIpc) is 3.95. The van der Waals surface area contributed by atoms with Crippen LogP contribution in [0, 0.1) is 0 Å². The molecule has 0 amide bonds. The van der Waals surface area contributed by atoms with E-state index >= 15 is 0 Å². The van der Waals surface area contributed by atoms with Gasteiger partial charge in [0.1, 0.15) is 5.58 Å². The van der Waals surface area contributed by atoms with Crippen molar-refractivity contribution in [3.63, 3.8) is 0 Å². The second-order valence-electron chi connectivity index (χ2n) is 14.4. The fourth-order valence-electron chi connectivity index (χ4n) is 8.65. The Morgan fingerprint density at radius 3 is 1.30 bits per heavy atom. The van der Waals surface area contributed by atoms with Gasteiger partial charge in [-0.15, -0.1) is 0 Å². The Kier molecular flexibility index (Phi) is 6.83. The molecular weight excluding hydrogens is 699 g/mol. The average molecular weight is 730 g/mol. The molecule has 8 aromatic carbocycles. The van der Waals surface area contributed by atoms with Crippen molar-refractivity contribution < 1.29 is 4.42 Å². The Morgan fingerprint density at radius 1 is 0.333 bits per heavy atom. The van der Waals surface area contributed by atoms with Crippen molar-refractivity contribution in [3.8, 4) is 45.5 Å². The van der Waals surface area contributed by atoms with Crippen LogP contribution in [-0.4, -0.2) is 24.1 Å². The molecule has 4 aromatic heterocycles. The topological polar surface area (TPSA) is 61.7 Å². The zero-order chi connectivity index (χ0) is 37.5. The summed E-state index contributed by atoms with van der Waals surface area (Å²) in [7, 11) is 0.